The van der Waals surface area contributed by atoms with E-state index in [-0.39, 0.29) is 54.8 Å². The van der Waals surface area contributed by atoms with Crippen molar-refractivity contribution in [3.8, 4) is 28.7 Å². The summed E-state index contributed by atoms with van der Waals surface area (Å²) >= 11 is 0. The molecule has 1 fully saturated rings. The minimum atomic E-state index is -0.589. The lowest BCUT2D eigenvalue weighted by Gasteiger charge is -2.35. The fourth-order valence-electron chi connectivity index (χ4n) is 4.14. The third kappa shape index (κ3) is 6.01. The maximum atomic E-state index is 13.3. The first kappa shape index (κ1) is 28.4. The average Bonchev–Trinajstić information content (AvgIpc) is 2.95. The van der Waals surface area contributed by atoms with Crippen LogP contribution in [0.15, 0.2) is 24.3 Å². The number of carbonyl (C=O) groups is 2. The summed E-state index contributed by atoms with van der Waals surface area (Å²) < 4.78 is 26.9. The third-order valence-electron chi connectivity index (χ3n) is 6.21. The molecule has 0 radical (unpaired) electrons. The van der Waals surface area contributed by atoms with Gasteiger partial charge >= 0.3 is 5.69 Å². The van der Waals surface area contributed by atoms with Gasteiger partial charge in [-0.25, -0.2) is 0 Å². The number of nitrogens with zero attached hydrogens (tertiary/aromatic N) is 3. The largest absolute Gasteiger partial charge is 0.493 e. The van der Waals surface area contributed by atoms with E-state index in [9.17, 15) is 19.7 Å². The fraction of sp³-hybridized carbons (Fsp3) is 0.462. The number of benzene rings is 2. The van der Waals surface area contributed by atoms with Crippen LogP contribution in [0.3, 0.4) is 0 Å². The van der Waals surface area contributed by atoms with E-state index in [0.29, 0.717) is 29.4 Å². The van der Waals surface area contributed by atoms with Crippen LogP contribution in [0.2, 0.25) is 0 Å². The summed E-state index contributed by atoms with van der Waals surface area (Å²) in [5.74, 6) is 0.586. The Morgan fingerprint density at radius 2 is 1.24 bits per heavy atom. The Kier molecular flexibility index (Phi) is 9.58. The summed E-state index contributed by atoms with van der Waals surface area (Å²) in [6.45, 7) is 3.33. The van der Waals surface area contributed by atoms with Crippen molar-refractivity contribution in [2.75, 3.05) is 61.2 Å². The summed E-state index contributed by atoms with van der Waals surface area (Å²) in [5.41, 5.74) is 0.138. The molecular weight excluding hydrogens is 498 g/mol. The van der Waals surface area contributed by atoms with Gasteiger partial charge in [0.25, 0.3) is 11.8 Å². The Hall–Kier alpha value is -4.22. The Bertz CT molecular complexity index is 1150. The molecule has 2 amide bonds. The van der Waals surface area contributed by atoms with Crippen LogP contribution in [-0.4, -0.2) is 87.8 Å². The van der Waals surface area contributed by atoms with E-state index in [4.69, 9.17) is 23.7 Å². The summed E-state index contributed by atoms with van der Waals surface area (Å²) in [6.07, 6.45) is 1.58. The predicted octanol–water partition coefficient (Wildman–Crippen LogP) is 3.41. The maximum Gasteiger partial charge on any atom is 0.315 e. The summed E-state index contributed by atoms with van der Waals surface area (Å²) in [6, 6.07) is 5.82. The molecule has 206 valence electrons. The number of piperazine rings is 1. The van der Waals surface area contributed by atoms with Gasteiger partial charge in [-0.3, -0.25) is 19.7 Å². The molecule has 1 heterocycles. The number of amides is 2. The van der Waals surface area contributed by atoms with Crippen molar-refractivity contribution in [1.29, 1.82) is 0 Å². The van der Waals surface area contributed by atoms with Crippen LogP contribution in [-0.2, 0) is 0 Å². The molecule has 0 spiro atoms. The highest BCUT2D eigenvalue weighted by molar-refractivity contribution is 5.97. The van der Waals surface area contributed by atoms with E-state index < -0.39 is 10.8 Å². The predicted molar refractivity (Wildman–Crippen MR) is 138 cm³/mol. The van der Waals surface area contributed by atoms with E-state index >= 15 is 0 Å². The standard InChI is InChI=1S/C26H33N3O9/c1-6-7-12-38-23-19(29(32)33)13-17(14-20(23)34-2)25(30)27-8-10-28(11-9-27)26(31)18-15-21(35-3)24(37-5)22(16-18)36-4/h13-16H,6-12H2,1-5H3. The Morgan fingerprint density at radius 1 is 0.789 bits per heavy atom. The zero-order valence-corrected chi connectivity index (χ0v) is 22.3. The molecule has 38 heavy (non-hydrogen) atoms. The quantitative estimate of drug-likeness (QED) is 0.243. The number of rotatable bonds is 11. The molecule has 0 saturated carbocycles. The topological polar surface area (TPSA) is 130 Å². The van der Waals surface area contributed by atoms with Crippen molar-refractivity contribution in [3.05, 3.63) is 45.5 Å². The number of nitro groups is 1. The molecule has 0 aliphatic carbocycles. The van der Waals surface area contributed by atoms with Gasteiger partial charge in [-0.05, 0) is 24.6 Å². The number of hydrogen-bond donors (Lipinski definition) is 0. The number of methoxy groups -OCH3 is 4. The van der Waals surface area contributed by atoms with Crippen LogP contribution >= 0.6 is 0 Å². The van der Waals surface area contributed by atoms with Crippen molar-refractivity contribution in [3.63, 3.8) is 0 Å². The lowest BCUT2D eigenvalue weighted by atomic mass is 10.1. The van der Waals surface area contributed by atoms with Crippen LogP contribution in [0.1, 0.15) is 40.5 Å². The summed E-state index contributed by atoms with van der Waals surface area (Å²) in [4.78, 5) is 40.8. The maximum absolute atomic E-state index is 13.3. The van der Waals surface area contributed by atoms with Crippen LogP contribution in [0, 0.1) is 10.1 Å². The molecule has 3 rings (SSSR count). The molecule has 0 aromatic heterocycles. The van der Waals surface area contributed by atoms with Crippen molar-refractivity contribution >= 4 is 17.5 Å². The lowest BCUT2D eigenvalue weighted by molar-refractivity contribution is -0.386. The van der Waals surface area contributed by atoms with E-state index in [0.717, 1.165) is 12.8 Å². The van der Waals surface area contributed by atoms with E-state index in [1.54, 1.807) is 21.9 Å². The van der Waals surface area contributed by atoms with Gasteiger partial charge in [-0.1, -0.05) is 13.3 Å². The van der Waals surface area contributed by atoms with Gasteiger partial charge in [0.15, 0.2) is 17.2 Å². The smallest absolute Gasteiger partial charge is 0.315 e. The number of carbonyl (C=O) groups excluding carboxylic acids is 2. The molecule has 2 aromatic rings. The van der Waals surface area contributed by atoms with E-state index in [1.165, 1.54) is 40.6 Å². The first-order valence-corrected chi connectivity index (χ1v) is 12.2. The molecule has 0 unspecified atom stereocenters. The molecule has 2 aromatic carbocycles. The molecule has 0 atom stereocenters. The van der Waals surface area contributed by atoms with Crippen LogP contribution in [0.25, 0.3) is 0 Å². The normalized spacial score (nSPS) is 13.1. The number of hydrogen-bond acceptors (Lipinski definition) is 9. The SMILES string of the molecule is CCCCOc1c(OC)cc(C(=O)N2CCN(C(=O)c3cc(OC)c(OC)c(OC)c3)CC2)cc1[N+](=O)[O-]. The van der Waals surface area contributed by atoms with Gasteiger partial charge in [0.2, 0.25) is 11.5 Å². The molecule has 1 aliphatic heterocycles. The van der Waals surface area contributed by atoms with Gasteiger partial charge in [-0.2, -0.15) is 0 Å². The van der Waals surface area contributed by atoms with Crippen molar-refractivity contribution < 1.29 is 38.2 Å². The van der Waals surface area contributed by atoms with Crippen LogP contribution < -0.4 is 23.7 Å². The Balaban J connectivity index is 1.76. The second kappa shape index (κ2) is 12.8. The second-order valence-electron chi connectivity index (χ2n) is 8.48. The van der Waals surface area contributed by atoms with Crippen molar-refractivity contribution in [2.45, 2.75) is 19.8 Å². The third-order valence-corrected chi connectivity index (χ3v) is 6.21. The van der Waals surface area contributed by atoms with Crippen molar-refractivity contribution in [2.24, 2.45) is 0 Å². The molecular formula is C26H33N3O9. The highest BCUT2D eigenvalue weighted by Crippen LogP contribution is 2.40. The van der Waals surface area contributed by atoms with E-state index in [1.807, 2.05) is 6.92 Å². The molecule has 12 nitrogen and oxygen atoms in total. The van der Waals surface area contributed by atoms with Gasteiger partial charge in [0.05, 0.1) is 45.5 Å². The van der Waals surface area contributed by atoms with Gasteiger partial charge < -0.3 is 33.5 Å². The zero-order valence-electron chi connectivity index (χ0n) is 22.3. The van der Waals surface area contributed by atoms with Crippen LogP contribution in [0.5, 0.6) is 28.7 Å². The lowest BCUT2D eigenvalue weighted by Crippen LogP contribution is -2.50. The molecule has 0 N–H and O–H groups in total. The highest BCUT2D eigenvalue weighted by atomic mass is 16.6. The average molecular weight is 532 g/mol. The highest BCUT2D eigenvalue weighted by Gasteiger charge is 2.30. The number of ether oxygens (including phenoxy) is 5. The monoisotopic (exact) mass is 531 g/mol. The minimum Gasteiger partial charge on any atom is -0.493 e. The molecule has 1 saturated heterocycles. The Labute approximate surface area is 221 Å². The zero-order chi connectivity index (χ0) is 27.8. The van der Waals surface area contributed by atoms with E-state index in [2.05, 4.69) is 0 Å². The molecule has 12 heteroatoms. The summed E-state index contributed by atoms with van der Waals surface area (Å²) in [7, 11) is 5.79. The number of unbranched alkanes of at least 4 members (excludes halogenated alkanes) is 1. The van der Waals surface area contributed by atoms with Crippen LogP contribution in [0.4, 0.5) is 5.69 Å². The summed E-state index contributed by atoms with van der Waals surface area (Å²) in [5, 5.41) is 11.7. The van der Waals surface area contributed by atoms with Gasteiger partial charge in [-0.15, -0.1) is 0 Å². The molecule has 1 aliphatic rings. The Morgan fingerprint density at radius 3 is 1.63 bits per heavy atom. The second-order valence-corrected chi connectivity index (χ2v) is 8.48. The fourth-order valence-corrected chi connectivity index (χ4v) is 4.14. The number of nitro benzene ring substituents is 1. The van der Waals surface area contributed by atoms with Gasteiger partial charge in [0, 0.05) is 37.8 Å². The van der Waals surface area contributed by atoms with Crippen molar-refractivity contribution in [1.82, 2.24) is 9.80 Å². The first-order valence-electron chi connectivity index (χ1n) is 12.2. The molecule has 0 bridgehead atoms. The van der Waals surface area contributed by atoms with Gasteiger partial charge in [0.1, 0.15) is 0 Å². The minimum absolute atomic E-state index is 0.00302. The first-order chi connectivity index (χ1) is 18.3.